The highest BCUT2D eigenvalue weighted by molar-refractivity contribution is 7.64. The molecule has 1 aromatic carbocycles. The number of benzene rings is 1. The van der Waals surface area contributed by atoms with Crippen LogP contribution in [-0.4, -0.2) is 13.3 Å². The van der Waals surface area contributed by atoms with Gasteiger partial charge in [0.25, 0.3) is 0 Å². The minimum absolute atomic E-state index is 0.185. The van der Waals surface area contributed by atoms with Gasteiger partial charge in [0.05, 0.1) is 0 Å². The van der Waals surface area contributed by atoms with Gasteiger partial charge in [-0.05, 0) is 24.7 Å². The Morgan fingerprint density at radius 1 is 1.27 bits per heavy atom. The second-order valence-corrected chi connectivity index (χ2v) is 4.78. The van der Waals surface area contributed by atoms with Crippen LogP contribution in [0.3, 0.4) is 0 Å². The topological polar surface area (TPSA) is 35.1 Å². The molecule has 0 aliphatic heterocycles. The molecule has 60 valence electrons. The highest BCUT2D eigenvalue weighted by Crippen LogP contribution is 2.27. The van der Waals surface area contributed by atoms with Crippen molar-refractivity contribution < 1.29 is 0 Å². The molecular formula is C8H11NOP-. The first-order valence-electron chi connectivity index (χ1n) is 3.40. The largest absolute Gasteiger partial charge is 0.761 e. The lowest BCUT2D eigenvalue weighted by molar-refractivity contribution is 1.64. The van der Waals surface area contributed by atoms with Gasteiger partial charge in [-0.3, -0.25) is 0 Å². The number of hydrogen-bond acceptors (Lipinski definition) is 2. The first-order chi connectivity index (χ1) is 5.25. The van der Waals surface area contributed by atoms with Crippen molar-refractivity contribution in [2.75, 3.05) is 18.8 Å². The maximum absolute atomic E-state index is 10.4. The van der Waals surface area contributed by atoms with E-state index < -0.39 is 0 Å². The second kappa shape index (κ2) is 3.70. The average Bonchev–Trinajstić information content (AvgIpc) is 2.04. The molecule has 0 spiro atoms. The molecular weight excluding hydrogens is 157 g/mol. The maximum Gasteiger partial charge on any atom is 0.0311 e. The van der Waals surface area contributed by atoms with Crippen molar-refractivity contribution in [3.8, 4) is 0 Å². The molecule has 0 aromatic heterocycles. The molecule has 0 atom stereocenters. The Kier molecular flexibility index (Phi) is 2.86. The summed E-state index contributed by atoms with van der Waals surface area (Å²) < 4.78 is 0. The van der Waals surface area contributed by atoms with Crippen molar-refractivity contribution in [1.29, 1.82) is 0 Å². The molecule has 1 rings (SSSR count). The summed E-state index contributed by atoms with van der Waals surface area (Å²) in [6.45, 7) is 4.26. The van der Waals surface area contributed by atoms with Crippen LogP contribution < -0.4 is 10.8 Å². The van der Waals surface area contributed by atoms with Crippen LogP contribution >= 0.6 is 7.92 Å². The zero-order valence-corrected chi connectivity index (χ0v) is 7.56. The van der Waals surface area contributed by atoms with Gasteiger partial charge in [-0.2, -0.15) is 0 Å². The third-order valence-electron chi connectivity index (χ3n) is 1.50. The van der Waals surface area contributed by atoms with E-state index in [1.54, 1.807) is 0 Å². The standard InChI is InChI=1S/C8H11NOP/c1-11(2)8-6-4-3-5-7(8)9-10/h3-6,9H,1-2H3/q-1. The summed E-state index contributed by atoms with van der Waals surface area (Å²) in [5, 5.41) is 11.6. The molecule has 1 N–H and O–H groups in total. The molecule has 0 bridgehead atoms. The number of nitrogens with one attached hydrogen (secondary N) is 1. The van der Waals surface area contributed by atoms with E-state index in [2.05, 4.69) is 13.3 Å². The molecule has 0 aliphatic carbocycles. The van der Waals surface area contributed by atoms with E-state index in [1.165, 1.54) is 0 Å². The molecule has 2 nitrogen and oxygen atoms in total. The van der Waals surface area contributed by atoms with Crippen molar-refractivity contribution >= 4 is 18.9 Å². The molecule has 0 unspecified atom stereocenters. The monoisotopic (exact) mass is 168 g/mol. The fourth-order valence-electron chi connectivity index (χ4n) is 0.950. The zero-order chi connectivity index (χ0) is 8.27. The lowest BCUT2D eigenvalue weighted by Gasteiger charge is -2.16. The summed E-state index contributed by atoms with van der Waals surface area (Å²) in [5.41, 5.74) is 2.65. The summed E-state index contributed by atoms with van der Waals surface area (Å²) in [4.78, 5) is 0. The first-order valence-corrected chi connectivity index (χ1v) is 5.64. The van der Waals surface area contributed by atoms with Crippen molar-refractivity contribution in [3.05, 3.63) is 29.5 Å². The molecule has 0 amide bonds. The minimum atomic E-state index is -0.185. The van der Waals surface area contributed by atoms with Crippen LogP contribution in [0.2, 0.25) is 0 Å². The number of para-hydroxylation sites is 1. The van der Waals surface area contributed by atoms with Crippen LogP contribution in [0.4, 0.5) is 5.69 Å². The van der Waals surface area contributed by atoms with Crippen molar-refractivity contribution in [2.45, 2.75) is 0 Å². The summed E-state index contributed by atoms with van der Waals surface area (Å²) >= 11 is 0. The first kappa shape index (κ1) is 8.51. The van der Waals surface area contributed by atoms with Gasteiger partial charge in [0, 0.05) is 5.69 Å². The van der Waals surface area contributed by atoms with Crippen molar-refractivity contribution in [3.63, 3.8) is 0 Å². The normalized spacial score (nSPS) is 10.2. The van der Waals surface area contributed by atoms with Crippen molar-refractivity contribution in [1.82, 2.24) is 0 Å². The smallest absolute Gasteiger partial charge is 0.0311 e. The SMILES string of the molecule is CP(C)c1ccccc1N[O-]. The highest BCUT2D eigenvalue weighted by Gasteiger charge is 2.00. The van der Waals surface area contributed by atoms with Gasteiger partial charge >= 0.3 is 0 Å². The van der Waals surface area contributed by atoms with Crippen LogP contribution in [0.5, 0.6) is 0 Å². The van der Waals surface area contributed by atoms with Gasteiger partial charge in [0.15, 0.2) is 0 Å². The number of hydrogen-bond donors (Lipinski definition) is 1. The Labute approximate surface area is 68.0 Å². The van der Waals surface area contributed by atoms with E-state index in [9.17, 15) is 5.21 Å². The highest BCUT2D eigenvalue weighted by atomic mass is 31.1. The Hall–Kier alpha value is -0.590. The molecule has 0 radical (unpaired) electrons. The lowest BCUT2D eigenvalue weighted by Crippen LogP contribution is -2.05. The van der Waals surface area contributed by atoms with E-state index in [0.29, 0.717) is 5.69 Å². The Balaban J connectivity index is 3.02. The Bertz CT molecular complexity index is 237. The molecule has 0 saturated heterocycles. The van der Waals surface area contributed by atoms with E-state index in [4.69, 9.17) is 0 Å². The van der Waals surface area contributed by atoms with Gasteiger partial charge in [0.1, 0.15) is 0 Å². The molecule has 0 saturated carbocycles. The Morgan fingerprint density at radius 3 is 2.36 bits per heavy atom. The summed E-state index contributed by atoms with van der Waals surface area (Å²) in [6.07, 6.45) is 0. The second-order valence-electron chi connectivity index (χ2n) is 2.51. The molecule has 0 fully saturated rings. The van der Waals surface area contributed by atoms with Crippen LogP contribution in [0.25, 0.3) is 0 Å². The van der Waals surface area contributed by atoms with Crippen LogP contribution in [0.1, 0.15) is 0 Å². The predicted molar refractivity (Wildman–Crippen MR) is 51.8 cm³/mol. The summed E-state index contributed by atoms with van der Waals surface area (Å²) in [7, 11) is -0.185. The third kappa shape index (κ3) is 1.92. The summed E-state index contributed by atoms with van der Waals surface area (Å²) in [6, 6.07) is 7.62. The predicted octanol–water partition coefficient (Wildman–Crippen LogP) is 1.96. The minimum Gasteiger partial charge on any atom is -0.761 e. The van der Waals surface area contributed by atoms with E-state index >= 15 is 0 Å². The zero-order valence-electron chi connectivity index (χ0n) is 6.66. The maximum atomic E-state index is 10.4. The van der Waals surface area contributed by atoms with Crippen molar-refractivity contribution in [2.24, 2.45) is 0 Å². The molecule has 3 heteroatoms. The van der Waals surface area contributed by atoms with Crippen LogP contribution in [-0.2, 0) is 0 Å². The fraction of sp³-hybridized carbons (Fsp3) is 0.250. The average molecular weight is 168 g/mol. The number of rotatable bonds is 2. The summed E-state index contributed by atoms with van der Waals surface area (Å²) in [5.74, 6) is 0. The lowest BCUT2D eigenvalue weighted by atomic mass is 10.3. The van der Waals surface area contributed by atoms with Gasteiger partial charge in [-0.1, -0.05) is 26.1 Å². The molecule has 1 aromatic rings. The van der Waals surface area contributed by atoms with E-state index in [0.717, 1.165) is 5.30 Å². The van der Waals surface area contributed by atoms with Crippen LogP contribution in [0.15, 0.2) is 24.3 Å². The number of anilines is 1. The quantitative estimate of drug-likeness (QED) is 0.541. The van der Waals surface area contributed by atoms with Gasteiger partial charge < -0.3 is 10.7 Å². The molecule has 0 heterocycles. The van der Waals surface area contributed by atoms with Gasteiger partial charge in [-0.15, -0.1) is 0 Å². The van der Waals surface area contributed by atoms with E-state index in [-0.39, 0.29) is 7.92 Å². The fourth-order valence-corrected chi connectivity index (χ4v) is 1.94. The molecule has 11 heavy (non-hydrogen) atoms. The van der Waals surface area contributed by atoms with Gasteiger partial charge in [0.2, 0.25) is 0 Å². The third-order valence-corrected chi connectivity index (χ3v) is 2.85. The molecule has 0 aliphatic rings. The van der Waals surface area contributed by atoms with E-state index in [1.807, 2.05) is 29.7 Å². The van der Waals surface area contributed by atoms with Gasteiger partial charge in [-0.25, -0.2) is 0 Å². The Morgan fingerprint density at radius 2 is 1.91 bits per heavy atom. The van der Waals surface area contributed by atoms with Crippen LogP contribution in [0, 0.1) is 5.21 Å².